The highest BCUT2D eigenvalue weighted by Crippen LogP contribution is 2.34. The fraction of sp³-hybridized carbons (Fsp3) is 0.130. The van der Waals surface area contributed by atoms with Crippen molar-refractivity contribution < 1.29 is 18.9 Å². The first-order chi connectivity index (χ1) is 15.8. The average Bonchev–Trinajstić information content (AvgIpc) is 2.79. The number of carbonyl (C=O) groups excluding carboxylic acids is 2. The monoisotopic (exact) mass is 487 g/mol. The topological polar surface area (TPSA) is 101 Å². The summed E-state index contributed by atoms with van der Waals surface area (Å²) in [5, 5.41) is 16.7. The van der Waals surface area contributed by atoms with Gasteiger partial charge in [0.15, 0.2) is 0 Å². The number of anilines is 1. The van der Waals surface area contributed by atoms with Crippen LogP contribution in [-0.4, -0.2) is 23.3 Å². The molecule has 0 saturated heterocycles. The molecule has 3 aromatic rings. The zero-order valence-electron chi connectivity index (χ0n) is 17.4. The Hall–Kier alpha value is -3.43. The van der Waals surface area contributed by atoms with Gasteiger partial charge in [-0.15, -0.1) is 0 Å². The number of nitro groups is 1. The highest BCUT2D eigenvalue weighted by atomic mass is 35.5. The van der Waals surface area contributed by atoms with Gasteiger partial charge in [-0.1, -0.05) is 42.4 Å². The van der Waals surface area contributed by atoms with Crippen LogP contribution in [0.5, 0.6) is 0 Å². The number of amides is 2. The molecule has 0 bridgehead atoms. The molecule has 0 saturated carbocycles. The number of hydrogen-bond donors (Lipinski definition) is 2. The maximum atomic E-state index is 14.1. The van der Waals surface area contributed by atoms with Gasteiger partial charge in [-0.2, -0.15) is 0 Å². The van der Waals surface area contributed by atoms with E-state index in [0.29, 0.717) is 17.1 Å². The van der Waals surface area contributed by atoms with Gasteiger partial charge in [0.1, 0.15) is 5.82 Å². The van der Waals surface area contributed by atoms with Crippen LogP contribution in [0.1, 0.15) is 34.1 Å². The SMILES string of the molecule is CCCNC(=O)c1ccc(NC(=O)c2cc([N+](=O)[O-])ccc2Sc2ccccc2F)cc1Cl. The Labute approximate surface area is 198 Å². The largest absolute Gasteiger partial charge is 0.352 e. The number of rotatable bonds is 8. The van der Waals surface area contributed by atoms with Crippen LogP contribution in [-0.2, 0) is 0 Å². The zero-order chi connectivity index (χ0) is 24.0. The van der Waals surface area contributed by atoms with E-state index in [-0.39, 0.29) is 32.6 Å². The summed E-state index contributed by atoms with van der Waals surface area (Å²) in [6, 6.07) is 14.2. The highest BCUT2D eigenvalue weighted by molar-refractivity contribution is 7.99. The summed E-state index contributed by atoms with van der Waals surface area (Å²) < 4.78 is 14.1. The van der Waals surface area contributed by atoms with Crippen LogP contribution >= 0.6 is 23.4 Å². The van der Waals surface area contributed by atoms with Crippen molar-refractivity contribution in [1.29, 1.82) is 0 Å². The third-order valence-corrected chi connectivity index (χ3v) is 5.92. The minimum Gasteiger partial charge on any atom is -0.352 e. The van der Waals surface area contributed by atoms with Gasteiger partial charge in [0.2, 0.25) is 0 Å². The van der Waals surface area contributed by atoms with Crippen molar-refractivity contribution in [2.24, 2.45) is 0 Å². The predicted octanol–water partition coefficient (Wildman–Crippen LogP) is 5.93. The molecule has 0 spiro atoms. The molecule has 0 unspecified atom stereocenters. The van der Waals surface area contributed by atoms with Crippen molar-refractivity contribution in [2.45, 2.75) is 23.1 Å². The van der Waals surface area contributed by atoms with Crippen molar-refractivity contribution in [3.63, 3.8) is 0 Å². The average molecular weight is 488 g/mol. The third kappa shape index (κ3) is 6.09. The van der Waals surface area contributed by atoms with E-state index < -0.39 is 16.6 Å². The van der Waals surface area contributed by atoms with Crippen LogP contribution in [0, 0.1) is 15.9 Å². The Morgan fingerprint density at radius 1 is 1.03 bits per heavy atom. The lowest BCUT2D eigenvalue weighted by Gasteiger charge is -2.12. The second kappa shape index (κ2) is 10.9. The van der Waals surface area contributed by atoms with E-state index in [9.17, 15) is 24.1 Å². The Balaban J connectivity index is 1.88. The molecule has 0 aliphatic carbocycles. The van der Waals surface area contributed by atoms with Gasteiger partial charge in [0.25, 0.3) is 17.5 Å². The van der Waals surface area contributed by atoms with Gasteiger partial charge in [0, 0.05) is 34.2 Å². The van der Waals surface area contributed by atoms with Gasteiger partial charge in [-0.25, -0.2) is 4.39 Å². The minimum absolute atomic E-state index is 0.00154. The normalized spacial score (nSPS) is 10.5. The minimum atomic E-state index is -0.642. The molecule has 7 nitrogen and oxygen atoms in total. The number of nitrogens with one attached hydrogen (secondary N) is 2. The maximum Gasteiger partial charge on any atom is 0.270 e. The Bertz CT molecular complexity index is 1220. The van der Waals surface area contributed by atoms with E-state index in [1.54, 1.807) is 18.2 Å². The van der Waals surface area contributed by atoms with Gasteiger partial charge in [-0.3, -0.25) is 19.7 Å². The molecular weight excluding hydrogens is 469 g/mol. The van der Waals surface area contributed by atoms with Crippen molar-refractivity contribution in [2.75, 3.05) is 11.9 Å². The van der Waals surface area contributed by atoms with Crippen LogP contribution in [0.4, 0.5) is 15.8 Å². The fourth-order valence-electron chi connectivity index (χ4n) is 2.85. The molecule has 2 N–H and O–H groups in total. The number of halogens is 2. The standard InChI is InChI=1S/C23H19ClFN3O4S/c1-2-11-26-22(29)16-9-7-14(12-18(16)24)27-23(30)17-13-15(28(31)32)8-10-20(17)33-21-6-4-3-5-19(21)25/h3-10,12-13H,2,11H2,1H3,(H,26,29)(H,27,30). The number of benzene rings is 3. The van der Waals surface area contributed by atoms with Gasteiger partial charge in [0.05, 0.1) is 21.1 Å². The quantitative estimate of drug-likeness (QED) is 0.303. The van der Waals surface area contributed by atoms with E-state index in [4.69, 9.17) is 11.6 Å². The fourth-order valence-corrected chi connectivity index (χ4v) is 4.07. The smallest absolute Gasteiger partial charge is 0.270 e. The molecule has 2 amide bonds. The van der Waals surface area contributed by atoms with Crippen LogP contribution < -0.4 is 10.6 Å². The first-order valence-corrected chi connectivity index (χ1v) is 11.1. The van der Waals surface area contributed by atoms with E-state index in [0.717, 1.165) is 24.2 Å². The lowest BCUT2D eigenvalue weighted by Crippen LogP contribution is -2.24. The van der Waals surface area contributed by atoms with Crippen LogP contribution in [0.3, 0.4) is 0 Å². The molecule has 33 heavy (non-hydrogen) atoms. The maximum absolute atomic E-state index is 14.1. The Morgan fingerprint density at radius 2 is 1.79 bits per heavy atom. The summed E-state index contributed by atoms with van der Waals surface area (Å²) in [4.78, 5) is 36.4. The number of nitro benzene ring substituents is 1. The van der Waals surface area contributed by atoms with Crippen molar-refractivity contribution in [3.8, 4) is 0 Å². The molecule has 170 valence electrons. The van der Waals surface area contributed by atoms with Crippen molar-refractivity contribution in [1.82, 2.24) is 5.32 Å². The molecule has 0 radical (unpaired) electrons. The van der Waals surface area contributed by atoms with Crippen molar-refractivity contribution in [3.05, 3.63) is 92.7 Å². The zero-order valence-corrected chi connectivity index (χ0v) is 19.0. The second-order valence-corrected chi connectivity index (χ2v) is 8.37. The molecule has 3 rings (SSSR count). The molecule has 0 aliphatic heterocycles. The van der Waals surface area contributed by atoms with E-state index in [1.807, 2.05) is 6.92 Å². The van der Waals surface area contributed by atoms with Crippen molar-refractivity contribution >= 4 is 46.6 Å². The summed E-state index contributed by atoms with van der Waals surface area (Å²) in [7, 11) is 0. The van der Waals surface area contributed by atoms with Crippen LogP contribution in [0.15, 0.2) is 70.5 Å². The number of non-ortho nitro benzene ring substituents is 1. The molecule has 0 heterocycles. The molecule has 0 atom stereocenters. The molecule has 0 aliphatic rings. The van der Waals surface area contributed by atoms with E-state index >= 15 is 0 Å². The molecule has 0 aromatic heterocycles. The third-order valence-electron chi connectivity index (χ3n) is 4.48. The predicted molar refractivity (Wildman–Crippen MR) is 126 cm³/mol. The first-order valence-electron chi connectivity index (χ1n) is 9.90. The molecule has 3 aromatic carbocycles. The number of nitrogens with zero attached hydrogens (tertiary/aromatic N) is 1. The summed E-state index contributed by atoms with van der Waals surface area (Å²) >= 11 is 7.19. The lowest BCUT2D eigenvalue weighted by molar-refractivity contribution is -0.384. The molecule has 0 fully saturated rings. The number of carbonyl (C=O) groups is 2. The lowest BCUT2D eigenvalue weighted by atomic mass is 10.1. The summed E-state index contributed by atoms with van der Waals surface area (Å²) in [6.07, 6.45) is 0.772. The number of hydrogen-bond acceptors (Lipinski definition) is 5. The van der Waals surface area contributed by atoms with Gasteiger partial charge in [-0.05, 0) is 42.8 Å². The van der Waals surface area contributed by atoms with Crippen LogP contribution in [0.2, 0.25) is 5.02 Å². The summed E-state index contributed by atoms with van der Waals surface area (Å²) in [5.41, 5.74) is 0.275. The Morgan fingerprint density at radius 3 is 2.45 bits per heavy atom. The van der Waals surface area contributed by atoms with Gasteiger partial charge >= 0.3 is 0 Å². The van der Waals surface area contributed by atoms with Gasteiger partial charge < -0.3 is 10.6 Å². The van der Waals surface area contributed by atoms with E-state index in [2.05, 4.69) is 10.6 Å². The summed E-state index contributed by atoms with van der Waals surface area (Å²) in [5.74, 6) is -1.45. The summed E-state index contributed by atoms with van der Waals surface area (Å²) in [6.45, 7) is 2.43. The highest BCUT2D eigenvalue weighted by Gasteiger charge is 2.19. The molecular formula is C23H19ClFN3O4S. The van der Waals surface area contributed by atoms with E-state index in [1.165, 1.54) is 36.4 Å². The molecule has 10 heteroatoms. The van der Waals surface area contributed by atoms with Crippen LogP contribution in [0.25, 0.3) is 0 Å². The first kappa shape index (κ1) is 24.2. The Kier molecular flexibility index (Phi) is 8.02. The second-order valence-electron chi connectivity index (χ2n) is 6.87.